The summed E-state index contributed by atoms with van der Waals surface area (Å²) >= 11 is 0. The van der Waals surface area contributed by atoms with Crippen LogP contribution in [0.4, 0.5) is 0 Å². The van der Waals surface area contributed by atoms with Crippen molar-refractivity contribution in [2.24, 2.45) is 11.8 Å². The molecule has 2 rings (SSSR count). The average Bonchev–Trinajstić information content (AvgIpc) is 2.82. The fraction of sp³-hybridized carbons (Fsp3) is 0.909. The number of fused-ring (bicyclic) bond motifs is 1. The second-order valence-corrected chi connectivity index (χ2v) is 4.38. The molecule has 2 saturated carbocycles. The van der Waals surface area contributed by atoms with Crippen molar-refractivity contribution in [1.29, 1.82) is 0 Å². The van der Waals surface area contributed by atoms with E-state index in [-0.39, 0.29) is 0 Å². The summed E-state index contributed by atoms with van der Waals surface area (Å²) in [5, 5.41) is 0. The number of Topliss-reactive ketones (excluding diaryl/α,β-unsaturated/α-hetero) is 1. The highest BCUT2D eigenvalue weighted by Gasteiger charge is 2.41. The van der Waals surface area contributed by atoms with Gasteiger partial charge in [-0.05, 0) is 25.2 Å². The van der Waals surface area contributed by atoms with Gasteiger partial charge in [-0.3, -0.25) is 4.79 Å². The number of hydrogen-bond donors (Lipinski definition) is 0. The van der Waals surface area contributed by atoms with Gasteiger partial charge in [0.15, 0.2) is 0 Å². The molecule has 0 N–H and O–H groups in total. The van der Waals surface area contributed by atoms with Gasteiger partial charge in [-0.25, -0.2) is 0 Å². The summed E-state index contributed by atoms with van der Waals surface area (Å²) in [6, 6.07) is 0. The van der Waals surface area contributed by atoms with E-state index in [1.165, 1.54) is 38.5 Å². The Morgan fingerprint density at radius 2 is 1.75 bits per heavy atom. The van der Waals surface area contributed by atoms with Crippen LogP contribution in [0, 0.1) is 11.8 Å². The SMILES string of the molecule is O=C1CCCCCCC[C@@H]2C[C@H]12. The molecule has 0 radical (unpaired) electrons. The average molecular weight is 166 g/mol. The molecule has 0 amide bonds. The zero-order valence-corrected chi connectivity index (χ0v) is 7.72. The highest BCUT2D eigenvalue weighted by Crippen LogP contribution is 2.44. The molecule has 0 spiro atoms. The molecule has 12 heavy (non-hydrogen) atoms. The van der Waals surface area contributed by atoms with Gasteiger partial charge < -0.3 is 0 Å². The lowest BCUT2D eigenvalue weighted by Crippen LogP contribution is -2.03. The molecule has 2 aliphatic rings. The minimum atomic E-state index is 0.503. The monoisotopic (exact) mass is 166 g/mol. The first-order valence-electron chi connectivity index (χ1n) is 5.40. The quantitative estimate of drug-likeness (QED) is 0.540. The van der Waals surface area contributed by atoms with Gasteiger partial charge in [-0.1, -0.05) is 25.7 Å². The van der Waals surface area contributed by atoms with E-state index in [1.54, 1.807) is 0 Å². The van der Waals surface area contributed by atoms with Crippen LogP contribution in [0.1, 0.15) is 51.4 Å². The lowest BCUT2D eigenvalue weighted by Gasteiger charge is -2.05. The third-order valence-corrected chi connectivity index (χ3v) is 3.33. The zero-order valence-electron chi connectivity index (χ0n) is 7.72. The first kappa shape index (κ1) is 8.28. The van der Waals surface area contributed by atoms with E-state index in [9.17, 15) is 4.79 Å². The molecule has 1 nitrogen and oxygen atoms in total. The smallest absolute Gasteiger partial charge is 0.136 e. The van der Waals surface area contributed by atoms with Crippen molar-refractivity contribution in [3.63, 3.8) is 0 Å². The zero-order chi connectivity index (χ0) is 8.39. The minimum absolute atomic E-state index is 0.503. The van der Waals surface area contributed by atoms with Crippen LogP contribution in [-0.2, 0) is 4.79 Å². The highest BCUT2D eigenvalue weighted by atomic mass is 16.1. The molecular formula is C11H18O. The first-order valence-corrected chi connectivity index (χ1v) is 5.40. The van der Waals surface area contributed by atoms with Crippen LogP contribution < -0.4 is 0 Å². The van der Waals surface area contributed by atoms with Crippen molar-refractivity contribution in [3.05, 3.63) is 0 Å². The molecule has 2 fully saturated rings. The van der Waals surface area contributed by atoms with Crippen molar-refractivity contribution in [2.45, 2.75) is 51.4 Å². The number of ketones is 1. The summed E-state index contributed by atoms with van der Waals surface area (Å²) in [6.07, 6.45) is 9.98. The minimum Gasteiger partial charge on any atom is -0.299 e. The maximum Gasteiger partial charge on any atom is 0.136 e. The predicted octanol–water partition coefficient (Wildman–Crippen LogP) is 2.94. The van der Waals surface area contributed by atoms with Crippen molar-refractivity contribution < 1.29 is 4.79 Å². The second kappa shape index (κ2) is 3.59. The van der Waals surface area contributed by atoms with Gasteiger partial charge in [-0.2, -0.15) is 0 Å². The van der Waals surface area contributed by atoms with Crippen LogP contribution in [0.2, 0.25) is 0 Å². The van der Waals surface area contributed by atoms with Crippen molar-refractivity contribution in [2.75, 3.05) is 0 Å². The van der Waals surface area contributed by atoms with Crippen molar-refractivity contribution >= 4 is 5.78 Å². The van der Waals surface area contributed by atoms with E-state index in [2.05, 4.69) is 0 Å². The molecule has 2 atom stereocenters. The van der Waals surface area contributed by atoms with E-state index >= 15 is 0 Å². The standard InChI is InChI=1S/C11H18O/c12-11-7-5-3-1-2-4-6-9-8-10(9)11/h9-10H,1-8H2/t9-,10+/m1/s1. The van der Waals surface area contributed by atoms with Crippen LogP contribution in [-0.4, -0.2) is 5.78 Å². The molecular weight excluding hydrogens is 148 g/mol. The maximum absolute atomic E-state index is 11.5. The van der Waals surface area contributed by atoms with Gasteiger partial charge >= 0.3 is 0 Å². The Labute approximate surface area is 74.5 Å². The Balaban J connectivity index is 1.84. The molecule has 1 heteroatoms. The molecule has 0 heterocycles. The summed E-state index contributed by atoms with van der Waals surface area (Å²) in [5.41, 5.74) is 0. The lowest BCUT2D eigenvalue weighted by atomic mass is 10.0. The van der Waals surface area contributed by atoms with E-state index in [0.717, 1.165) is 18.8 Å². The maximum atomic E-state index is 11.5. The van der Waals surface area contributed by atoms with Gasteiger partial charge in [0, 0.05) is 12.3 Å². The Hall–Kier alpha value is -0.330. The van der Waals surface area contributed by atoms with Crippen LogP contribution in [0.3, 0.4) is 0 Å². The molecule has 0 unspecified atom stereocenters. The fourth-order valence-corrected chi connectivity index (χ4v) is 2.38. The molecule has 0 bridgehead atoms. The van der Waals surface area contributed by atoms with Gasteiger partial charge in [0.2, 0.25) is 0 Å². The number of carbonyl (C=O) groups excluding carboxylic acids is 1. The first-order chi connectivity index (χ1) is 5.88. The molecule has 0 aromatic heterocycles. The Bertz CT molecular complexity index is 174. The molecule has 0 aromatic rings. The molecule has 0 aliphatic heterocycles. The second-order valence-electron chi connectivity index (χ2n) is 4.38. The van der Waals surface area contributed by atoms with E-state index < -0.39 is 0 Å². The largest absolute Gasteiger partial charge is 0.299 e. The van der Waals surface area contributed by atoms with Crippen molar-refractivity contribution in [3.8, 4) is 0 Å². The van der Waals surface area contributed by atoms with E-state index in [0.29, 0.717) is 11.7 Å². The summed E-state index contributed by atoms with van der Waals surface area (Å²) in [6.45, 7) is 0. The van der Waals surface area contributed by atoms with Crippen LogP contribution in [0.25, 0.3) is 0 Å². The number of carbonyl (C=O) groups is 1. The molecule has 68 valence electrons. The van der Waals surface area contributed by atoms with Crippen molar-refractivity contribution in [1.82, 2.24) is 0 Å². The fourth-order valence-electron chi connectivity index (χ4n) is 2.38. The van der Waals surface area contributed by atoms with Gasteiger partial charge in [-0.15, -0.1) is 0 Å². The summed E-state index contributed by atoms with van der Waals surface area (Å²) in [5.74, 6) is 1.88. The summed E-state index contributed by atoms with van der Waals surface area (Å²) in [4.78, 5) is 11.5. The van der Waals surface area contributed by atoms with E-state index in [4.69, 9.17) is 0 Å². The molecule has 0 saturated heterocycles. The number of rotatable bonds is 0. The summed E-state index contributed by atoms with van der Waals surface area (Å²) in [7, 11) is 0. The predicted molar refractivity (Wildman–Crippen MR) is 48.9 cm³/mol. The van der Waals surface area contributed by atoms with Crippen LogP contribution in [0.5, 0.6) is 0 Å². The molecule has 0 aromatic carbocycles. The molecule has 2 aliphatic carbocycles. The Kier molecular flexibility index (Phi) is 2.48. The highest BCUT2D eigenvalue weighted by molar-refractivity contribution is 5.83. The summed E-state index contributed by atoms with van der Waals surface area (Å²) < 4.78 is 0. The third kappa shape index (κ3) is 1.88. The van der Waals surface area contributed by atoms with Crippen LogP contribution >= 0.6 is 0 Å². The lowest BCUT2D eigenvalue weighted by molar-refractivity contribution is -0.120. The van der Waals surface area contributed by atoms with Gasteiger partial charge in [0.1, 0.15) is 5.78 Å². The topological polar surface area (TPSA) is 17.1 Å². The third-order valence-electron chi connectivity index (χ3n) is 3.33. The number of hydrogen-bond acceptors (Lipinski definition) is 1. The Morgan fingerprint density at radius 3 is 2.67 bits per heavy atom. The Morgan fingerprint density at radius 1 is 1.00 bits per heavy atom. The van der Waals surface area contributed by atoms with E-state index in [1.807, 2.05) is 0 Å². The normalized spacial score (nSPS) is 37.2. The van der Waals surface area contributed by atoms with Gasteiger partial charge in [0.25, 0.3) is 0 Å². The van der Waals surface area contributed by atoms with Gasteiger partial charge in [0.05, 0.1) is 0 Å². The van der Waals surface area contributed by atoms with Crippen LogP contribution in [0.15, 0.2) is 0 Å².